The number of hydrogen-bond acceptors (Lipinski definition) is 3. The van der Waals surface area contributed by atoms with E-state index in [2.05, 4.69) is 50.4 Å². The van der Waals surface area contributed by atoms with Gasteiger partial charge in [0.15, 0.2) is 0 Å². The highest BCUT2D eigenvalue weighted by Gasteiger charge is 2.03. The molecule has 2 aromatic rings. The summed E-state index contributed by atoms with van der Waals surface area (Å²) in [5.74, 6) is 0.760. The van der Waals surface area contributed by atoms with Gasteiger partial charge in [-0.1, -0.05) is 49.7 Å². The molecular weight excluding hydrogens is 284 g/mol. The Bertz CT molecular complexity index is 623. The standard InChI is InChI=1S/C20H28N2O/c1-15(2)22-11-5-8-17-9-10-20(19(21)13-17)23-14-18-7-4-6-16(3)12-18/h4,6-7,9-10,12-13,15,22H,5,8,11,14,21H2,1-3H3. The second kappa shape index (κ2) is 8.59. The number of anilines is 1. The van der Waals surface area contributed by atoms with Gasteiger partial charge in [0.05, 0.1) is 5.69 Å². The lowest BCUT2D eigenvalue weighted by Crippen LogP contribution is -2.23. The molecule has 0 aromatic heterocycles. The zero-order chi connectivity index (χ0) is 16.7. The molecule has 3 heteroatoms. The van der Waals surface area contributed by atoms with Crippen molar-refractivity contribution in [2.24, 2.45) is 0 Å². The lowest BCUT2D eigenvalue weighted by Gasteiger charge is -2.12. The summed E-state index contributed by atoms with van der Waals surface area (Å²) < 4.78 is 5.85. The third kappa shape index (κ3) is 5.95. The summed E-state index contributed by atoms with van der Waals surface area (Å²) in [6.45, 7) is 7.99. The van der Waals surface area contributed by atoms with Gasteiger partial charge in [0.2, 0.25) is 0 Å². The van der Waals surface area contributed by atoms with Gasteiger partial charge in [0.1, 0.15) is 12.4 Å². The second-order valence-electron chi connectivity index (χ2n) is 6.36. The first kappa shape index (κ1) is 17.4. The Kier molecular flexibility index (Phi) is 6.48. The first-order valence-corrected chi connectivity index (χ1v) is 8.34. The summed E-state index contributed by atoms with van der Waals surface area (Å²) in [5, 5.41) is 3.43. The van der Waals surface area contributed by atoms with Crippen LogP contribution in [-0.4, -0.2) is 12.6 Å². The number of hydrogen-bond donors (Lipinski definition) is 2. The third-order valence-corrected chi connectivity index (χ3v) is 3.75. The van der Waals surface area contributed by atoms with Crippen LogP contribution in [0.5, 0.6) is 5.75 Å². The largest absolute Gasteiger partial charge is 0.487 e. The van der Waals surface area contributed by atoms with Crippen molar-refractivity contribution in [3.63, 3.8) is 0 Å². The lowest BCUT2D eigenvalue weighted by molar-refractivity contribution is 0.308. The Labute approximate surface area is 139 Å². The van der Waals surface area contributed by atoms with Gasteiger partial charge in [-0.25, -0.2) is 0 Å². The molecule has 0 spiro atoms. The summed E-state index contributed by atoms with van der Waals surface area (Å²) >= 11 is 0. The average molecular weight is 312 g/mol. The fourth-order valence-electron chi connectivity index (χ4n) is 2.53. The topological polar surface area (TPSA) is 47.3 Å². The van der Waals surface area contributed by atoms with Crippen LogP contribution < -0.4 is 15.8 Å². The summed E-state index contributed by atoms with van der Waals surface area (Å²) in [6.07, 6.45) is 2.14. The number of nitrogen functional groups attached to an aromatic ring is 1. The average Bonchev–Trinajstić information content (AvgIpc) is 2.50. The van der Waals surface area contributed by atoms with E-state index < -0.39 is 0 Å². The summed E-state index contributed by atoms with van der Waals surface area (Å²) in [4.78, 5) is 0. The van der Waals surface area contributed by atoms with Gasteiger partial charge in [-0.2, -0.15) is 0 Å². The quantitative estimate of drug-likeness (QED) is 0.570. The van der Waals surface area contributed by atoms with Crippen molar-refractivity contribution in [1.29, 1.82) is 0 Å². The Morgan fingerprint density at radius 2 is 1.91 bits per heavy atom. The predicted molar refractivity (Wildman–Crippen MR) is 97.8 cm³/mol. The molecule has 0 amide bonds. The lowest BCUT2D eigenvalue weighted by atomic mass is 10.1. The molecular formula is C20H28N2O. The van der Waals surface area contributed by atoms with E-state index in [4.69, 9.17) is 10.5 Å². The van der Waals surface area contributed by atoms with E-state index in [9.17, 15) is 0 Å². The van der Waals surface area contributed by atoms with E-state index in [-0.39, 0.29) is 0 Å². The molecule has 3 N–H and O–H groups in total. The number of aryl methyl sites for hydroxylation is 2. The highest BCUT2D eigenvalue weighted by atomic mass is 16.5. The first-order valence-electron chi connectivity index (χ1n) is 8.34. The molecule has 0 fully saturated rings. The van der Waals surface area contributed by atoms with Crippen LogP contribution in [0.1, 0.15) is 37.0 Å². The van der Waals surface area contributed by atoms with E-state index in [1.165, 1.54) is 11.1 Å². The molecule has 0 atom stereocenters. The van der Waals surface area contributed by atoms with Crippen LogP contribution in [0, 0.1) is 6.92 Å². The van der Waals surface area contributed by atoms with Crippen LogP contribution in [0.15, 0.2) is 42.5 Å². The van der Waals surface area contributed by atoms with E-state index in [0.717, 1.165) is 30.7 Å². The molecule has 0 aliphatic rings. The minimum absolute atomic E-state index is 0.539. The fourth-order valence-corrected chi connectivity index (χ4v) is 2.53. The van der Waals surface area contributed by atoms with Crippen LogP contribution in [0.2, 0.25) is 0 Å². The van der Waals surface area contributed by atoms with Crippen molar-refractivity contribution in [3.8, 4) is 5.75 Å². The molecule has 3 nitrogen and oxygen atoms in total. The smallest absolute Gasteiger partial charge is 0.142 e. The van der Waals surface area contributed by atoms with Gasteiger partial charge in [-0.05, 0) is 49.6 Å². The van der Waals surface area contributed by atoms with Gasteiger partial charge >= 0.3 is 0 Å². The molecule has 124 valence electrons. The van der Waals surface area contributed by atoms with Crippen molar-refractivity contribution in [2.45, 2.75) is 46.3 Å². The van der Waals surface area contributed by atoms with Crippen LogP contribution in [0.3, 0.4) is 0 Å². The maximum Gasteiger partial charge on any atom is 0.142 e. The van der Waals surface area contributed by atoms with Gasteiger partial charge in [0.25, 0.3) is 0 Å². The molecule has 0 unspecified atom stereocenters. The maximum atomic E-state index is 6.13. The number of nitrogens with two attached hydrogens (primary N) is 1. The molecule has 0 aliphatic carbocycles. The Balaban J connectivity index is 1.86. The van der Waals surface area contributed by atoms with Crippen molar-refractivity contribution >= 4 is 5.69 Å². The van der Waals surface area contributed by atoms with Crippen LogP contribution in [-0.2, 0) is 13.0 Å². The van der Waals surface area contributed by atoms with E-state index in [1.54, 1.807) is 0 Å². The number of benzene rings is 2. The molecule has 0 heterocycles. The molecule has 0 aliphatic heterocycles. The molecule has 2 aromatic carbocycles. The normalized spacial score (nSPS) is 11.0. The Morgan fingerprint density at radius 1 is 1.09 bits per heavy atom. The number of ether oxygens (including phenoxy) is 1. The molecule has 23 heavy (non-hydrogen) atoms. The van der Waals surface area contributed by atoms with Crippen LogP contribution >= 0.6 is 0 Å². The molecule has 0 radical (unpaired) electrons. The summed E-state index contributed by atoms with van der Waals surface area (Å²) in [6, 6.07) is 15.0. The Morgan fingerprint density at radius 3 is 2.61 bits per heavy atom. The molecule has 0 saturated heterocycles. The number of rotatable bonds is 8. The molecule has 0 bridgehead atoms. The van der Waals surface area contributed by atoms with Gasteiger partial charge < -0.3 is 15.8 Å². The van der Waals surface area contributed by atoms with Crippen molar-refractivity contribution in [1.82, 2.24) is 5.32 Å². The highest BCUT2D eigenvalue weighted by molar-refractivity contribution is 5.54. The Hall–Kier alpha value is -2.00. The minimum Gasteiger partial charge on any atom is -0.487 e. The van der Waals surface area contributed by atoms with E-state index in [1.807, 2.05) is 18.2 Å². The zero-order valence-corrected chi connectivity index (χ0v) is 14.4. The zero-order valence-electron chi connectivity index (χ0n) is 14.4. The van der Waals surface area contributed by atoms with Crippen molar-refractivity contribution in [2.75, 3.05) is 12.3 Å². The predicted octanol–water partition coefficient (Wildman–Crippen LogP) is 4.09. The highest BCUT2D eigenvalue weighted by Crippen LogP contribution is 2.24. The van der Waals surface area contributed by atoms with Crippen molar-refractivity contribution < 1.29 is 4.74 Å². The van der Waals surface area contributed by atoms with Gasteiger partial charge in [-0.15, -0.1) is 0 Å². The van der Waals surface area contributed by atoms with Crippen LogP contribution in [0.4, 0.5) is 5.69 Å². The van der Waals surface area contributed by atoms with Gasteiger partial charge in [0, 0.05) is 6.04 Å². The van der Waals surface area contributed by atoms with Crippen molar-refractivity contribution in [3.05, 3.63) is 59.2 Å². The second-order valence-corrected chi connectivity index (χ2v) is 6.36. The summed E-state index contributed by atoms with van der Waals surface area (Å²) in [7, 11) is 0. The molecule has 0 saturated carbocycles. The minimum atomic E-state index is 0.539. The summed E-state index contributed by atoms with van der Waals surface area (Å²) in [5.41, 5.74) is 10.5. The number of nitrogens with one attached hydrogen (secondary N) is 1. The van der Waals surface area contributed by atoms with E-state index >= 15 is 0 Å². The van der Waals surface area contributed by atoms with Gasteiger partial charge in [-0.3, -0.25) is 0 Å². The third-order valence-electron chi connectivity index (χ3n) is 3.75. The van der Waals surface area contributed by atoms with E-state index in [0.29, 0.717) is 18.3 Å². The first-order chi connectivity index (χ1) is 11.0. The fraction of sp³-hybridized carbons (Fsp3) is 0.400. The molecule has 2 rings (SSSR count). The SMILES string of the molecule is Cc1cccc(COc2ccc(CCCNC(C)C)cc2N)c1. The maximum absolute atomic E-state index is 6.13. The monoisotopic (exact) mass is 312 g/mol. The van der Waals surface area contributed by atoms with Crippen LogP contribution in [0.25, 0.3) is 0 Å².